The van der Waals surface area contributed by atoms with Crippen LogP contribution in [-0.4, -0.2) is 13.3 Å². The molecule has 0 bridgehead atoms. The van der Waals surface area contributed by atoms with Gasteiger partial charge in [0.1, 0.15) is 0 Å². The molecule has 0 atom stereocenters. The molecule has 0 spiro atoms. The van der Waals surface area contributed by atoms with E-state index < -0.39 is 80.2 Å². The maximum atomic E-state index is 14.1. The molecule has 2 aromatic rings. The summed E-state index contributed by atoms with van der Waals surface area (Å²) in [5.41, 5.74) is 0. The quantitative estimate of drug-likeness (QED) is 0.214. The molecule has 0 saturated carbocycles. The van der Waals surface area contributed by atoms with E-state index in [-0.39, 0.29) is 0 Å². The zero-order valence-corrected chi connectivity index (χ0v) is 14.5. The number of hydrogen-bond donors (Lipinski definition) is 0. The van der Waals surface area contributed by atoms with Crippen molar-refractivity contribution in [3.8, 4) is 22.4 Å². The fourth-order valence-corrected chi connectivity index (χ4v) is 7.92. The molecule has 2 rings (SSSR count). The fourth-order valence-electron chi connectivity index (χ4n) is 2.32. The van der Waals surface area contributed by atoms with Gasteiger partial charge in [0.25, 0.3) is 0 Å². The Hall–Kier alpha value is -2.60. The molecule has 0 aliphatic rings. The number of rotatable bonds is 2. The van der Waals surface area contributed by atoms with Gasteiger partial charge in [-0.2, -0.15) is 0 Å². The Morgan fingerprint density at radius 3 is 0.778 bits per heavy atom. The number of benzene rings is 2. The predicted molar refractivity (Wildman–Crippen MR) is 75.2 cm³/mol. The molecule has 0 aliphatic carbocycles. The summed E-state index contributed by atoms with van der Waals surface area (Å²) in [5.74, 6) is -25.9. The van der Waals surface area contributed by atoms with Crippen molar-refractivity contribution in [1.29, 1.82) is 0 Å². The van der Waals surface area contributed by atoms with Crippen molar-refractivity contribution < 1.29 is 43.9 Å². The number of terminal acetylenes is 2. The second-order valence-electron chi connectivity index (χ2n) is 4.93. The van der Waals surface area contributed by atoms with Crippen molar-refractivity contribution in [2.75, 3.05) is 0 Å². The standard InChI is InChI=1S/C16H2F10Ge/c1-3-27(4-2,15-11(23)7(19)5(17)8(20)12(15)24)16-13(25)9(21)6(18)10(22)14(16)26/h1-2H. The van der Waals surface area contributed by atoms with Crippen molar-refractivity contribution in [2.24, 2.45) is 0 Å². The average Bonchev–Trinajstić information content (AvgIpc) is 2.66. The zero-order valence-electron chi connectivity index (χ0n) is 12.4. The van der Waals surface area contributed by atoms with Crippen LogP contribution in [0.4, 0.5) is 43.9 Å². The third-order valence-electron chi connectivity index (χ3n) is 3.60. The van der Waals surface area contributed by atoms with Crippen LogP contribution in [0.1, 0.15) is 0 Å². The first-order valence-electron chi connectivity index (χ1n) is 6.47. The summed E-state index contributed by atoms with van der Waals surface area (Å²) in [4.78, 5) is 0. The molecule has 0 heterocycles. The van der Waals surface area contributed by atoms with Crippen LogP contribution >= 0.6 is 0 Å². The van der Waals surface area contributed by atoms with Crippen LogP contribution in [0.3, 0.4) is 0 Å². The Bertz CT molecular complexity index is 917. The minimum atomic E-state index is -6.26. The molecule has 27 heavy (non-hydrogen) atoms. The van der Waals surface area contributed by atoms with Gasteiger partial charge in [-0.15, -0.1) is 0 Å². The van der Waals surface area contributed by atoms with E-state index in [9.17, 15) is 43.9 Å². The Morgan fingerprint density at radius 2 is 0.593 bits per heavy atom. The minimum absolute atomic E-state index is 1.39. The molecule has 0 nitrogen and oxygen atoms in total. The van der Waals surface area contributed by atoms with Gasteiger partial charge >= 0.3 is 146 Å². The van der Waals surface area contributed by atoms with Crippen molar-refractivity contribution in [3.63, 3.8) is 0 Å². The van der Waals surface area contributed by atoms with Crippen LogP contribution in [0.5, 0.6) is 0 Å². The van der Waals surface area contributed by atoms with Gasteiger partial charge in [-0.25, -0.2) is 0 Å². The van der Waals surface area contributed by atoms with Gasteiger partial charge in [0.05, 0.1) is 0 Å². The molecule has 0 aromatic heterocycles. The Labute approximate surface area is 147 Å². The second-order valence-corrected chi connectivity index (χ2v) is 11.4. The van der Waals surface area contributed by atoms with Crippen LogP contribution in [-0.2, 0) is 0 Å². The van der Waals surface area contributed by atoms with E-state index in [0.29, 0.717) is 0 Å². The van der Waals surface area contributed by atoms with Gasteiger partial charge < -0.3 is 0 Å². The van der Waals surface area contributed by atoms with Gasteiger partial charge in [0, 0.05) is 0 Å². The van der Waals surface area contributed by atoms with Gasteiger partial charge in [-0.1, -0.05) is 0 Å². The monoisotopic (exact) mass is 458 g/mol. The van der Waals surface area contributed by atoms with E-state index in [2.05, 4.69) is 0 Å². The predicted octanol–water partition coefficient (Wildman–Crippen LogP) is 2.99. The average molecular weight is 457 g/mol. The van der Waals surface area contributed by atoms with Crippen molar-refractivity contribution in [2.45, 2.75) is 0 Å². The summed E-state index contributed by atoms with van der Waals surface area (Å²) in [6.45, 7) is 0. The molecular formula is C16H2F10Ge. The molecule has 140 valence electrons. The third-order valence-corrected chi connectivity index (χ3v) is 10.4. The molecule has 0 amide bonds. The second kappa shape index (κ2) is 6.85. The Balaban J connectivity index is 3.16. The molecule has 0 unspecified atom stereocenters. The first-order chi connectivity index (χ1) is 12.5. The molecule has 0 N–H and O–H groups in total. The van der Waals surface area contributed by atoms with Crippen LogP contribution in [0.25, 0.3) is 0 Å². The van der Waals surface area contributed by atoms with E-state index in [1.165, 1.54) is 9.51 Å². The molecule has 0 aliphatic heterocycles. The van der Waals surface area contributed by atoms with Gasteiger partial charge in [0.2, 0.25) is 0 Å². The van der Waals surface area contributed by atoms with E-state index >= 15 is 0 Å². The maximum absolute atomic E-state index is 14.1. The fraction of sp³-hybridized carbons (Fsp3) is 0. The zero-order chi connectivity index (χ0) is 20.8. The normalized spacial score (nSPS) is 11.3. The van der Waals surface area contributed by atoms with E-state index in [4.69, 9.17) is 12.8 Å². The van der Waals surface area contributed by atoms with Crippen LogP contribution in [0.15, 0.2) is 0 Å². The number of halogens is 10. The van der Waals surface area contributed by atoms with Crippen LogP contribution < -0.4 is 8.79 Å². The van der Waals surface area contributed by atoms with Gasteiger partial charge in [-0.05, 0) is 0 Å². The van der Waals surface area contributed by atoms with Crippen molar-refractivity contribution in [1.82, 2.24) is 0 Å². The van der Waals surface area contributed by atoms with Crippen LogP contribution in [0.2, 0.25) is 0 Å². The topological polar surface area (TPSA) is 0 Å². The summed E-state index contributed by atoms with van der Waals surface area (Å²) < 4.78 is 136. The van der Waals surface area contributed by atoms with E-state index in [1.54, 1.807) is 0 Å². The van der Waals surface area contributed by atoms with Crippen molar-refractivity contribution in [3.05, 3.63) is 58.2 Å². The first-order valence-corrected chi connectivity index (χ1v) is 10.7. The SMILES string of the molecule is C#[C][Ge]([C]#C)([c]1c(F)c(F)c(F)c(F)c1F)[c]1c(F)c(F)c(F)c(F)c1F. The number of hydrogen-bond acceptors (Lipinski definition) is 0. The van der Waals surface area contributed by atoms with Gasteiger partial charge in [-0.3, -0.25) is 0 Å². The molecular weight excluding hydrogens is 455 g/mol. The summed E-state index contributed by atoms with van der Waals surface area (Å²) in [7, 11) is 0. The Kier molecular flexibility index (Phi) is 5.26. The molecule has 11 heteroatoms. The summed E-state index contributed by atoms with van der Waals surface area (Å²) in [5, 5.41) is 0. The Morgan fingerprint density at radius 1 is 0.407 bits per heavy atom. The summed E-state index contributed by atoms with van der Waals surface area (Å²) in [6.07, 6.45) is 9.96. The summed E-state index contributed by atoms with van der Waals surface area (Å²) >= 11 is -6.26. The molecule has 2 aromatic carbocycles. The molecule has 0 radical (unpaired) electrons. The van der Waals surface area contributed by atoms with Gasteiger partial charge in [0.15, 0.2) is 0 Å². The summed E-state index contributed by atoms with van der Waals surface area (Å²) in [6, 6.07) is 0. The molecule has 0 saturated heterocycles. The molecule has 0 fully saturated rings. The van der Waals surface area contributed by atoms with E-state index in [1.807, 2.05) is 0 Å². The van der Waals surface area contributed by atoms with Crippen molar-refractivity contribution >= 4 is 22.1 Å². The first kappa shape index (κ1) is 20.7. The van der Waals surface area contributed by atoms with E-state index in [0.717, 1.165) is 0 Å². The van der Waals surface area contributed by atoms with Crippen LogP contribution in [0, 0.1) is 80.5 Å². The third kappa shape index (κ3) is 2.67.